The molecule has 4 rings (SSSR count). The molecule has 0 saturated heterocycles. The SMILES string of the molecule is CC(C)(C)[N+]([O-])=Cc1ccc(-c2nn(-c3ccc(F)cc3)c(=O)c3ccccc23)s1. The molecule has 0 aliphatic rings. The zero-order chi connectivity index (χ0) is 21.5. The maximum absolute atomic E-state index is 13.4. The topological polar surface area (TPSA) is 61.0 Å². The number of aromatic nitrogens is 2. The summed E-state index contributed by atoms with van der Waals surface area (Å²) in [6.07, 6.45) is 1.56. The van der Waals surface area contributed by atoms with Gasteiger partial charge in [-0.3, -0.25) is 4.79 Å². The zero-order valence-corrected chi connectivity index (χ0v) is 17.6. The van der Waals surface area contributed by atoms with Gasteiger partial charge in [0.2, 0.25) is 0 Å². The Morgan fingerprint density at radius 1 is 1.03 bits per heavy atom. The minimum absolute atomic E-state index is 0.275. The number of fused-ring (bicyclic) bond motifs is 1. The molecule has 152 valence electrons. The van der Waals surface area contributed by atoms with Gasteiger partial charge in [0.05, 0.1) is 20.8 Å². The van der Waals surface area contributed by atoms with E-state index in [1.54, 1.807) is 18.3 Å². The summed E-state index contributed by atoms with van der Waals surface area (Å²) in [5.41, 5.74) is 0.302. The number of nitrogens with zero attached hydrogens (tertiary/aromatic N) is 3. The van der Waals surface area contributed by atoms with Gasteiger partial charge < -0.3 is 5.21 Å². The van der Waals surface area contributed by atoms with Crippen molar-refractivity contribution >= 4 is 28.3 Å². The third kappa shape index (κ3) is 3.76. The highest BCUT2D eigenvalue weighted by atomic mass is 32.1. The van der Waals surface area contributed by atoms with Gasteiger partial charge in [-0.2, -0.15) is 9.78 Å². The van der Waals surface area contributed by atoms with Crippen LogP contribution in [0, 0.1) is 11.0 Å². The highest BCUT2D eigenvalue weighted by Gasteiger charge is 2.19. The predicted octanol–water partition coefficient (Wildman–Crippen LogP) is 4.98. The van der Waals surface area contributed by atoms with Crippen LogP contribution in [-0.4, -0.2) is 26.3 Å². The summed E-state index contributed by atoms with van der Waals surface area (Å²) in [7, 11) is 0. The van der Waals surface area contributed by atoms with Crippen LogP contribution in [0.4, 0.5) is 4.39 Å². The van der Waals surface area contributed by atoms with Gasteiger partial charge in [0.15, 0.2) is 11.8 Å². The van der Waals surface area contributed by atoms with Gasteiger partial charge >= 0.3 is 0 Å². The van der Waals surface area contributed by atoms with Gasteiger partial charge in [-0.25, -0.2) is 9.13 Å². The summed E-state index contributed by atoms with van der Waals surface area (Å²) in [6, 6.07) is 16.7. The third-order valence-corrected chi connectivity index (χ3v) is 5.67. The van der Waals surface area contributed by atoms with Crippen molar-refractivity contribution in [3.63, 3.8) is 0 Å². The molecule has 4 aromatic rings. The van der Waals surface area contributed by atoms with Gasteiger partial charge in [-0.05, 0) is 42.5 Å². The average molecular weight is 421 g/mol. The first kappa shape index (κ1) is 20.0. The Hall–Kier alpha value is -3.32. The van der Waals surface area contributed by atoms with E-state index in [0.717, 1.165) is 19.9 Å². The number of benzene rings is 2. The van der Waals surface area contributed by atoms with Crippen LogP contribution in [0.1, 0.15) is 25.6 Å². The van der Waals surface area contributed by atoms with Crippen molar-refractivity contribution in [1.82, 2.24) is 9.78 Å². The molecular formula is C23H20FN3O2S. The average Bonchev–Trinajstić information content (AvgIpc) is 3.17. The van der Waals surface area contributed by atoms with Crippen LogP contribution < -0.4 is 5.56 Å². The van der Waals surface area contributed by atoms with E-state index < -0.39 is 5.54 Å². The lowest BCUT2D eigenvalue weighted by Gasteiger charge is -2.18. The largest absolute Gasteiger partial charge is 0.623 e. The van der Waals surface area contributed by atoms with Crippen molar-refractivity contribution in [3.8, 4) is 16.3 Å². The highest BCUT2D eigenvalue weighted by molar-refractivity contribution is 7.17. The number of hydrogen-bond acceptors (Lipinski definition) is 4. The molecule has 0 amide bonds. The van der Waals surface area contributed by atoms with Crippen molar-refractivity contribution in [2.75, 3.05) is 0 Å². The molecule has 2 aromatic carbocycles. The first-order valence-corrected chi connectivity index (χ1v) is 10.3. The minimum Gasteiger partial charge on any atom is -0.623 e. The van der Waals surface area contributed by atoms with E-state index in [-0.39, 0.29) is 11.4 Å². The molecule has 2 heterocycles. The van der Waals surface area contributed by atoms with E-state index in [2.05, 4.69) is 5.10 Å². The summed E-state index contributed by atoms with van der Waals surface area (Å²) in [6.45, 7) is 5.54. The second-order valence-corrected chi connectivity index (χ2v) is 9.03. The summed E-state index contributed by atoms with van der Waals surface area (Å²) in [5, 5.41) is 18.1. The number of halogens is 1. The summed E-state index contributed by atoms with van der Waals surface area (Å²) in [4.78, 5) is 14.6. The van der Waals surface area contributed by atoms with Crippen LogP contribution >= 0.6 is 11.3 Å². The van der Waals surface area contributed by atoms with E-state index in [1.807, 2.05) is 45.0 Å². The van der Waals surface area contributed by atoms with E-state index in [4.69, 9.17) is 0 Å². The lowest BCUT2D eigenvalue weighted by molar-refractivity contribution is -0.530. The molecule has 0 bridgehead atoms. The van der Waals surface area contributed by atoms with E-state index in [1.165, 1.54) is 40.3 Å². The molecule has 0 fully saturated rings. The Balaban J connectivity index is 1.91. The third-order valence-electron chi connectivity index (χ3n) is 4.64. The normalized spacial score (nSPS) is 12.5. The Kier molecular flexibility index (Phi) is 4.99. The van der Waals surface area contributed by atoms with Crippen LogP contribution in [0.3, 0.4) is 0 Å². The number of hydroxylamine groups is 1. The Morgan fingerprint density at radius 3 is 2.37 bits per heavy atom. The fraction of sp³-hybridized carbons (Fsp3) is 0.174. The second-order valence-electron chi connectivity index (χ2n) is 7.92. The molecule has 7 heteroatoms. The van der Waals surface area contributed by atoms with Gasteiger partial charge in [0.1, 0.15) is 11.5 Å². The molecular weight excluding hydrogens is 401 g/mol. The van der Waals surface area contributed by atoms with Crippen molar-refractivity contribution in [2.24, 2.45) is 0 Å². The molecule has 2 aromatic heterocycles. The fourth-order valence-electron chi connectivity index (χ4n) is 2.99. The quantitative estimate of drug-likeness (QED) is 0.203. The first-order chi connectivity index (χ1) is 14.2. The Morgan fingerprint density at radius 2 is 1.70 bits per heavy atom. The molecule has 0 saturated carbocycles. The van der Waals surface area contributed by atoms with Gasteiger partial charge in [0, 0.05) is 26.2 Å². The van der Waals surface area contributed by atoms with Crippen LogP contribution in [0.25, 0.3) is 27.0 Å². The molecule has 5 nitrogen and oxygen atoms in total. The predicted molar refractivity (Wildman–Crippen MR) is 119 cm³/mol. The van der Waals surface area contributed by atoms with E-state index in [0.29, 0.717) is 16.8 Å². The van der Waals surface area contributed by atoms with Crippen molar-refractivity contribution in [3.05, 3.63) is 86.9 Å². The standard InChI is InChI=1S/C23H20FN3O2S/c1-23(2,3)26(29)14-17-12-13-20(30-17)21-18-6-4-5-7-19(18)22(28)27(25-21)16-10-8-15(24)9-11-16/h4-14H,1-3H3. The van der Waals surface area contributed by atoms with Crippen LogP contribution in [-0.2, 0) is 0 Å². The lowest BCUT2D eigenvalue weighted by atomic mass is 10.1. The maximum atomic E-state index is 13.4. The molecule has 0 N–H and O–H groups in total. The van der Waals surface area contributed by atoms with E-state index >= 15 is 0 Å². The van der Waals surface area contributed by atoms with Crippen molar-refractivity contribution in [1.29, 1.82) is 0 Å². The number of hydrogen-bond donors (Lipinski definition) is 0. The Labute approximate surface area is 176 Å². The van der Waals surface area contributed by atoms with E-state index in [9.17, 15) is 14.4 Å². The highest BCUT2D eigenvalue weighted by Crippen LogP contribution is 2.31. The minimum atomic E-state index is -0.537. The maximum Gasteiger partial charge on any atom is 0.279 e. The van der Waals surface area contributed by atoms with Gasteiger partial charge in [0.25, 0.3) is 5.56 Å². The van der Waals surface area contributed by atoms with Gasteiger partial charge in [-0.1, -0.05) is 18.2 Å². The fourth-order valence-corrected chi connectivity index (χ4v) is 3.91. The Bertz CT molecular complexity index is 1320. The zero-order valence-electron chi connectivity index (χ0n) is 16.8. The number of rotatable bonds is 3. The molecule has 0 spiro atoms. The molecule has 0 radical (unpaired) electrons. The monoisotopic (exact) mass is 421 g/mol. The lowest BCUT2D eigenvalue weighted by Crippen LogP contribution is -2.29. The first-order valence-electron chi connectivity index (χ1n) is 9.43. The molecule has 0 aliphatic carbocycles. The van der Waals surface area contributed by atoms with Gasteiger partial charge in [-0.15, -0.1) is 11.3 Å². The smallest absolute Gasteiger partial charge is 0.279 e. The summed E-state index contributed by atoms with van der Waals surface area (Å²) >= 11 is 1.42. The molecule has 30 heavy (non-hydrogen) atoms. The molecule has 0 unspecified atom stereocenters. The van der Waals surface area contributed by atoms with Crippen molar-refractivity contribution < 1.29 is 9.13 Å². The molecule has 0 aliphatic heterocycles. The summed E-state index contributed by atoms with van der Waals surface area (Å²) in [5.74, 6) is -0.382. The second kappa shape index (κ2) is 7.50. The number of thiophene rings is 1. The van der Waals surface area contributed by atoms with Crippen LogP contribution in [0.2, 0.25) is 0 Å². The van der Waals surface area contributed by atoms with Crippen LogP contribution in [0.15, 0.2) is 65.5 Å². The van der Waals surface area contributed by atoms with Crippen LogP contribution in [0.5, 0.6) is 0 Å². The summed E-state index contributed by atoms with van der Waals surface area (Å²) < 4.78 is 15.6. The molecule has 0 atom stereocenters. The van der Waals surface area contributed by atoms with Crippen molar-refractivity contribution in [2.45, 2.75) is 26.3 Å².